The van der Waals surface area contributed by atoms with Gasteiger partial charge in [0.1, 0.15) is 0 Å². The predicted octanol–water partition coefficient (Wildman–Crippen LogP) is 2.33. The van der Waals surface area contributed by atoms with E-state index in [1.807, 2.05) is 12.3 Å². The smallest absolute Gasteiger partial charge is 0.0766 e. The monoisotopic (exact) mass is 242 g/mol. The Labute approximate surface area is 107 Å². The van der Waals surface area contributed by atoms with E-state index in [-0.39, 0.29) is 6.10 Å². The van der Waals surface area contributed by atoms with Crippen molar-refractivity contribution in [1.82, 2.24) is 10.3 Å². The molecule has 1 saturated heterocycles. The van der Waals surface area contributed by atoms with Crippen molar-refractivity contribution >= 4 is 10.9 Å². The minimum Gasteiger partial charge on any atom is -0.375 e. The number of fused-ring (bicyclic) bond motifs is 1. The first-order valence-corrected chi connectivity index (χ1v) is 6.52. The largest absolute Gasteiger partial charge is 0.375 e. The summed E-state index contributed by atoms with van der Waals surface area (Å²) in [5.41, 5.74) is 2.39. The summed E-state index contributed by atoms with van der Waals surface area (Å²) in [6.07, 6.45) is 2.15. The fourth-order valence-electron chi connectivity index (χ4n) is 2.62. The van der Waals surface area contributed by atoms with Crippen LogP contribution in [0.5, 0.6) is 0 Å². The molecule has 0 bridgehead atoms. The Balaban J connectivity index is 1.97. The van der Waals surface area contributed by atoms with Crippen molar-refractivity contribution < 1.29 is 4.74 Å². The van der Waals surface area contributed by atoms with Gasteiger partial charge in [0.25, 0.3) is 0 Å². The van der Waals surface area contributed by atoms with Crippen molar-refractivity contribution in [1.29, 1.82) is 0 Å². The first-order chi connectivity index (χ1) is 8.86. The van der Waals surface area contributed by atoms with Gasteiger partial charge >= 0.3 is 0 Å². The van der Waals surface area contributed by atoms with Gasteiger partial charge in [-0.1, -0.05) is 25.1 Å². The quantitative estimate of drug-likeness (QED) is 0.877. The lowest BCUT2D eigenvalue weighted by atomic mass is 9.92. The Morgan fingerprint density at radius 1 is 1.33 bits per heavy atom. The molecule has 1 aliphatic rings. The average Bonchev–Trinajstić information content (AvgIpc) is 2.47. The molecule has 0 saturated carbocycles. The summed E-state index contributed by atoms with van der Waals surface area (Å²) in [4.78, 5) is 4.41. The Bertz CT molecular complexity index is 530. The van der Waals surface area contributed by atoms with Crippen molar-refractivity contribution in [3.63, 3.8) is 0 Å². The number of nitrogens with one attached hydrogen (secondary N) is 1. The highest BCUT2D eigenvalue weighted by molar-refractivity contribution is 5.82. The molecule has 0 aliphatic carbocycles. The van der Waals surface area contributed by atoms with Gasteiger partial charge in [0, 0.05) is 30.6 Å². The third-order valence-corrected chi connectivity index (χ3v) is 3.69. The topological polar surface area (TPSA) is 34.2 Å². The van der Waals surface area contributed by atoms with Gasteiger partial charge in [-0.05, 0) is 17.7 Å². The van der Waals surface area contributed by atoms with Crippen LogP contribution in [0.25, 0.3) is 10.9 Å². The molecule has 0 spiro atoms. The third kappa shape index (κ3) is 2.11. The first kappa shape index (κ1) is 11.6. The van der Waals surface area contributed by atoms with Crippen LogP contribution in [0.4, 0.5) is 0 Å². The van der Waals surface area contributed by atoms with Gasteiger partial charge in [-0.25, -0.2) is 0 Å². The molecular weight excluding hydrogens is 224 g/mol. The third-order valence-electron chi connectivity index (χ3n) is 3.69. The zero-order valence-corrected chi connectivity index (χ0v) is 10.6. The number of pyridine rings is 1. The Morgan fingerprint density at radius 3 is 3.06 bits per heavy atom. The lowest BCUT2D eigenvalue weighted by molar-refractivity contribution is 0.0149. The number of morpholine rings is 1. The van der Waals surface area contributed by atoms with Crippen LogP contribution < -0.4 is 5.32 Å². The second kappa shape index (κ2) is 5.04. The van der Waals surface area contributed by atoms with Gasteiger partial charge < -0.3 is 10.1 Å². The molecule has 94 valence electrons. The second-order valence-corrected chi connectivity index (χ2v) is 4.82. The average molecular weight is 242 g/mol. The maximum atomic E-state index is 5.86. The zero-order chi connectivity index (χ0) is 12.4. The molecule has 3 rings (SSSR count). The fourth-order valence-corrected chi connectivity index (χ4v) is 2.62. The van der Waals surface area contributed by atoms with E-state index in [1.165, 1.54) is 10.9 Å². The number of para-hydroxylation sites is 1. The van der Waals surface area contributed by atoms with E-state index in [1.54, 1.807) is 0 Å². The number of hydrogen-bond donors (Lipinski definition) is 1. The van der Waals surface area contributed by atoms with E-state index in [9.17, 15) is 0 Å². The van der Waals surface area contributed by atoms with Gasteiger partial charge in [0.05, 0.1) is 18.2 Å². The fraction of sp³-hybridized carbons (Fsp3) is 0.400. The number of rotatable bonds is 2. The molecule has 2 aromatic rings. The van der Waals surface area contributed by atoms with Crippen molar-refractivity contribution in [3.8, 4) is 0 Å². The molecule has 1 aromatic carbocycles. The molecule has 1 N–H and O–H groups in total. The lowest BCUT2D eigenvalue weighted by Gasteiger charge is -2.29. The molecule has 3 nitrogen and oxygen atoms in total. The molecule has 2 heterocycles. The summed E-state index contributed by atoms with van der Waals surface area (Å²) < 4.78 is 5.86. The SMILES string of the molecule is CC(c1ccnc2ccccc12)C1CNCCO1. The van der Waals surface area contributed by atoms with E-state index >= 15 is 0 Å². The molecule has 1 fully saturated rings. The molecule has 2 unspecified atom stereocenters. The van der Waals surface area contributed by atoms with Crippen LogP contribution in [-0.4, -0.2) is 30.8 Å². The zero-order valence-electron chi connectivity index (χ0n) is 10.6. The molecule has 1 aromatic heterocycles. The van der Waals surface area contributed by atoms with E-state index in [0.29, 0.717) is 5.92 Å². The van der Waals surface area contributed by atoms with E-state index in [2.05, 4.69) is 41.5 Å². The van der Waals surface area contributed by atoms with Gasteiger partial charge in [-0.3, -0.25) is 4.98 Å². The number of benzene rings is 1. The normalized spacial score (nSPS) is 21.9. The standard InChI is InChI=1S/C15H18N2O/c1-11(15-10-16-8-9-18-15)12-6-7-17-14-5-3-2-4-13(12)14/h2-7,11,15-16H,8-10H2,1H3. The van der Waals surface area contributed by atoms with Crippen molar-refractivity contribution in [2.75, 3.05) is 19.7 Å². The number of aromatic nitrogens is 1. The van der Waals surface area contributed by atoms with Crippen molar-refractivity contribution in [3.05, 3.63) is 42.1 Å². The van der Waals surface area contributed by atoms with Gasteiger partial charge in [-0.2, -0.15) is 0 Å². The van der Waals surface area contributed by atoms with Crippen LogP contribution in [0.15, 0.2) is 36.5 Å². The van der Waals surface area contributed by atoms with Crippen LogP contribution in [0.3, 0.4) is 0 Å². The molecular formula is C15H18N2O. The second-order valence-electron chi connectivity index (χ2n) is 4.82. The summed E-state index contributed by atoms with van der Waals surface area (Å²) in [5.74, 6) is 0.380. The molecule has 0 radical (unpaired) electrons. The molecule has 3 heteroatoms. The van der Waals surface area contributed by atoms with Gasteiger partial charge in [-0.15, -0.1) is 0 Å². The maximum absolute atomic E-state index is 5.86. The Hall–Kier alpha value is -1.45. The maximum Gasteiger partial charge on any atom is 0.0766 e. The summed E-state index contributed by atoms with van der Waals surface area (Å²) in [6, 6.07) is 10.4. The van der Waals surface area contributed by atoms with Crippen molar-refractivity contribution in [2.24, 2.45) is 0 Å². The highest BCUT2D eigenvalue weighted by atomic mass is 16.5. The Morgan fingerprint density at radius 2 is 2.22 bits per heavy atom. The number of ether oxygens (including phenoxy) is 1. The summed E-state index contributed by atoms with van der Waals surface area (Å²) >= 11 is 0. The lowest BCUT2D eigenvalue weighted by Crippen LogP contribution is -2.41. The Kier molecular flexibility index (Phi) is 3.26. The summed E-state index contributed by atoms with van der Waals surface area (Å²) in [7, 11) is 0. The number of hydrogen-bond acceptors (Lipinski definition) is 3. The highest BCUT2D eigenvalue weighted by Gasteiger charge is 2.23. The summed E-state index contributed by atoms with van der Waals surface area (Å²) in [5, 5.41) is 4.63. The van der Waals surface area contributed by atoms with E-state index in [4.69, 9.17) is 4.74 Å². The van der Waals surface area contributed by atoms with Crippen molar-refractivity contribution in [2.45, 2.75) is 18.9 Å². The summed E-state index contributed by atoms with van der Waals surface area (Å²) in [6.45, 7) is 4.93. The van der Waals surface area contributed by atoms with Crippen LogP contribution in [0, 0.1) is 0 Å². The minimum atomic E-state index is 0.254. The highest BCUT2D eigenvalue weighted by Crippen LogP contribution is 2.28. The first-order valence-electron chi connectivity index (χ1n) is 6.52. The van der Waals surface area contributed by atoms with Gasteiger partial charge in [0.15, 0.2) is 0 Å². The molecule has 18 heavy (non-hydrogen) atoms. The van der Waals surface area contributed by atoms with Crippen LogP contribution in [-0.2, 0) is 4.74 Å². The molecule has 1 aliphatic heterocycles. The molecule has 2 atom stereocenters. The predicted molar refractivity (Wildman–Crippen MR) is 72.8 cm³/mol. The molecule has 0 amide bonds. The number of nitrogens with zero attached hydrogens (tertiary/aromatic N) is 1. The minimum absolute atomic E-state index is 0.254. The van der Waals surface area contributed by atoms with E-state index < -0.39 is 0 Å². The van der Waals surface area contributed by atoms with Crippen LogP contribution >= 0.6 is 0 Å². The van der Waals surface area contributed by atoms with Crippen LogP contribution in [0.2, 0.25) is 0 Å². The van der Waals surface area contributed by atoms with Crippen LogP contribution in [0.1, 0.15) is 18.4 Å². The van der Waals surface area contributed by atoms with Gasteiger partial charge in [0.2, 0.25) is 0 Å². The van der Waals surface area contributed by atoms with E-state index in [0.717, 1.165) is 25.2 Å².